The van der Waals surface area contributed by atoms with Gasteiger partial charge in [0.25, 0.3) is 5.69 Å². The number of carboxylic acid groups (broad SMARTS) is 1. The third kappa shape index (κ3) is 5.83. The fourth-order valence-electron chi connectivity index (χ4n) is 3.26. The van der Waals surface area contributed by atoms with Crippen molar-refractivity contribution in [1.82, 2.24) is 10.2 Å². The lowest BCUT2D eigenvalue weighted by Crippen LogP contribution is -2.49. The lowest BCUT2D eigenvalue weighted by molar-refractivity contribution is -0.384. The Morgan fingerprint density at radius 1 is 1.33 bits per heavy atom. The second-order valence-electron chi connectivity index (χ2n) is 7.07. The van der Waals surface area contributed by atoms with Gasteiger partial charge in [0.15, 0.2) is 0 Å². The number of nitro benzene ring substituents is 1. The highest BCUT2D eigenvalue weighted by atomic mass is 16.6. The third-order valence-electron chi connectivity index (χ3n) is 4.59. The van der Waals surface area contributed by atoms with Crippen molar-refractivity contribution >= 4 is 23.4 Å². The number of urea groups is 1. The lowest BCUT2D eigenvalue weighted by atomic mass is 9.91. The van der Waals surface area contributed by atoms with Crippen LogP contribution in [0.2, 0.25) is 0 Å². The monoisotopic (exact) mass is 378 g/mol. The van der Waals surface area contributed by atoms with E-state index >= 15 is 0 Å². The van der Waals surface area contributed by atoms with Gasteiger partial charge in [0.2, 0.25) is 0 Å². The zero-order chi connectivity index (χ0) is 20.0. The number of nitro groups is 1. The number of aryl methyl sites for hydroxylation is 1. The largest absolute Gasteiger partial charge is 0.481 e. The van der Waals surface area contributed by atoms with E-state index in [9.17, 15) is 24.8 Å². The maximum absolute atomic E-state index is 12.2. The molecule has 3 N–H and O–H groups in total. The van der Waals surface area contributed by atoms with Gasteiger partial charge in [0, 0.05) is 32.2 Å². The van der Waals surface area contributed by atoms with Crippen molar-refractivity contribution in [2.75, 3.05) is 31.5 Å². The Morgan fingerprint density at radius 2 is 2.07 bits per heavy atom. The van der Waals surface area contributed by atoms with E-state index in [4.69, 9.17) is 0 Å². The molecular weight excluding hydrogens is 352 g/mol. The number of carbonyl (C=O) groups excluding carboxylic acids is 1. The predicted molar refractivity (Wildman–Crippen MR) is 101 cm³/mol. The Labute approximate surface area is 157 Å². The highest BCUT2D eigenvalue weighted by Crippen LogP contribution is 2.25. The average molecular weight is 378 g/mol. The number of carbonyl (C=O) groups is 2. The summed E-state index contributed by atoms with van der Waals surface area (Å²) in [5.41, 5.74) is 1.29. The van der Waals surface area contributed by atoms with Gasteiger partial charge in [-0.2, -0.15) is 0 Å². The Hall–Kier alpha value is -2.84. The van der Waals surface area contributed by atoms with Gasteiger partial charge in [-0.25, -0.2) is 4.79 Å². The van der Waals surface area contributed by atoms with E-state index in [0.29, 0.717) is 38.2 Å². The zero-order valence-corrected chi connectivity index (χ0v) is 15.6. The molecule has 1 fully saturated rings. The molecule has 2 amide bonds. The van der Waals surface area contributed by atoms with Crippen LogP contribution in [0.25, 0.3) is 0 Å². The maximum atomic E-state index is 12.2. The highest BCUT2D eigenvalue weighted by molar-refractivity contribution is 5.76. The third-order valence-corrected chi connectivity index (χ3v) is 4.59. The molecule has 1 saturated heterocycles. The number of benzene rings is 1. The van der Waals surface area contributed by atoms with Gasteiger partial charge < -0.3 is 20.6 Å². The summed E-state index contributed by atoms with van der Waals surface area (Å²) in [6.07, 6.45) is 1.17. The number of piperidine rings is 1. The van der Waals surface area contributed by atoms with Crippen molar-refractivity contribution in [1.29, 1.82) is 0 Å². The first-order valence-electron chi connectivity index (χ1n) is 9.02. The average Bonchev–Trinajstić information content (AvgIpc) is 2.61. The number of nitrogens with zero attached hydrogens (tertiary/aromatic N) is 2. The number of nitrogens with one attached hydrogen (secondary N) is 2. The first-order valence-corrected chi connectivity index (χ1v) is 9.02. The van der Waals surface area contributed by atoms with E-state index in [1.54, 1.807) is 24.0 Å². The van der Waals surface area contributed by atoms with E-state index in [2.05, 4.69) is 10.6 Å². The Morgan fingerprint density at radius 3 is 2.74 bits per heavy atom. The summed E-state index contributed by atoms with van der Waals surface area (Å²) < 4.78 is 0. The normalized spacial score (nSPS) is 19.4. The summed E-state index contributed by atoms with van der Waals surface area (Å²) in [5, 5.41) is 26.1. The second-order valence-corrected chi connectivity index (χ2v) is 7.07. The first-order chi connectivity index (χ1) is 12.8. The smallest absolute Gasteiger partial charge is 0.317 e. The predicted octanol–water partition coefficient (Wildman–Crippen LogP) is 2.46. The Kier molecular flexibility index (Phi) is 6.98. The molecule has 2 atom stereocenters. The van der Waals surface area contributed by atoms with Gasteiger partial charge in [-0.1, -0.05) is 13.0 Å². The molecule has 1 heterocycles. The molecule has 9 nitrogen and oxygen atoms in total. The fourth-order valence-corrected chi connectivity index (χ4v) is 3.26. The number of aliphatic carboxylic acids is 1. The van der Waals surface area contributed by atoms with Crippen molar-refractivity contribution in [3.05, 3.63) is 33.9 Å². The van der Waals surface area contributed by atoms with Crippen LogP contribution in [0, 0.1) is 28.9 Å². The van der Waals surface area contributed by atoms with Crippen LogP contribution in [0.5, 0.6) is 0 Å². The zero-order valence-electron chi connectivity index (χ0n) is 15.6. The van der Waals surface area contributed by atoms with Gasteiger partial charge in [0.1, 0.15) is 5.69 Å². The van der Waals surface area contributed by atoms with Crippen LogP contribution in [-0.2, 0) is 4.79 Å². The number of anilines is 1. The van der Waals surface area contributed by atoms with Crippen LogP contribution in [-0.4, -0.2) is 53.1 Å². The quantitative estimate of drug-likeness (QED) is 0.380. The van der Waals surface area contributed by atoms with E-state index < -0.39 is 16.8 Å². The molecule has 0 radical (unpaired) electrons. The molecule has 0 aromatic heterocycles. The lowest BCUT2D eigenvalue weighted by Gasteiger charge is -2.34. The van der Waals surface area contributed by atoms with Crippen LogP contribution >= 0.6 is 0 Å². The SMILES string of the molecule is Cc1ccc(NCCCNC(=O)N2CC(C)CC(C(=O)O)C2)c([N+](=O)[O-])c1. The Bertz CT molecular complexity index is 709. The Balaban J connectivity index is 1.76. The number of rotatable bonds is 7. The van der Waals surface area contributed by atoms with Gasteiger partial charge in [-0.3, -0.25) is 14.9 Å². The molecule has 0 aliphatic carbocycles. The van der Waals surface area contributed by atoms with Crippen LogP contribution < -0.4 is 10.6 Å². The van der Waals surface area contributed by atoms with Crippen LogP contribution in [0.1, 0.15) is 25.3 Å². The van der Waals surface area contributed by atoms with Gasteiger partial charge in [-0.15, -0.1) is 0 Å². The minimum atomic E-state index is -0.872. The summed E-state index contributed by atoms with van der Waals surface area (Å²) in [5.74, 6) is -1.25. The summed E-state index contributed by atoms with van der Waals surface area (Å²) in [6, 6.07) is 4.72. The molecule has 27 heavy (non-hydrogen) atoms. The second kappa shape index (κ2) is 9.20. The van der Waals surface area contributed by atoms with Crippen LogP contribution in [0.4, 0.5) is 16.2 Å². The van der Waals surface area contributed by atoms with Crippen molar-refractivity contribution in [2.45, 2.75) is 26.7 Å². The van der Waals surface area contributed by atoms with E-state index in [0.717, 1.165) is 5.56 Å². The van der Waals surface area contributed by atoms with Gasteiger partial charge in [0.05, 0.1) is 10.8 Å². The molecule has 1 aromatic carbocycles. The molecule has 1 aromatic rings. The van der Waals surface area contributed by atoms with Gasteiger partial charge >= 0.3 is 12.0 Å². The van der Waals surface area contributed by atoms with E-state index in [1.165, 1.54) is 6.07 Å². The van der Waals surface area contributed by atoms with E-state index in [1.807, 2.05) is 6.92 Å². The van der Waals surface area contributed by atoms with Crippen LogP contribution in [0.15, 0.2) is 18.2 Å². The molecule has 9 heteroatoms. The molecule has 0 bridgehead atoms. The number of likely N-dealkylation sites (tertiary alicyclic amines) is 1. The van der Waals surface area contributed by atoms with Crippen molar-refractivity contribution in [2.24, 2.45) is 11.8 Å². The minimum absolute atomic E-state index is 0.0288. The van der Waals surface area contributed by atoms with Crippen molar-refractivity contribution in [3.8, 4) is 0 Å². The molecule has 2 rings (SSSR count). The van der Waals surface area contributed by atoms with Crippen molar-refractivity contribution in [3.63, 3.8) is 0 Å². The fraction of sp³-hybridized carbons (Fsp3) is 0.556. The molecule has 1 aliphatic heterocycles. The van der Waals surface area contributed by atoms with E-state index in [-0.39, 0.29) is 24.2 Å². The molecule has 2 unspecified atom stereocenters. The number of carboxylic acids is 1. The maximum Gasteiger partial charge on any atom is 0.317 e. The minimum Gasteiger partial charge on any atom is -0.481 e. The van der Waals surface area contributed by atoms with Crippen molar-refractivity contribution < 1.29 is 19.6 Å². The molecule has 0 spiro atoms. The first kappa shape index (κ1) is 20.5. The summed E-state index contributed by atoms with van der Waals surface area (Å²) >= 11 is 0. The summed E-state index contributed by atoms with van der Waals surface area (Å²) in [7, 11) is 0. The molecule has 0 saturated carbocycles. The number of hydrogen-bond acceptors (Lipinski definition) is 5. The highest BCUT2D eigenvalue weighted by Gasteiger charge is 2.31. The molecule has 1 aliphatic rings. The number of hydrogen-bond donors (Lipinski definition) is 3. The molecular formula is C18H26N4O5. The topological polar surface area (TPSA) is 125 Å². The van der Waals surface area contributed by atoms with Crippen LogP contribution in [0.3, 0.4) is 0 Å². The molecule has 148 valence electrons. The summed E-state index contributed by atoms with van der Waals surface area (Å²) in [6.45, 7) is 5.37. The summed E-state index contributed by atoms with van der Waals surface area (Å²) in [4.78, 5) is 35.6. The van der Waals surface area contributed by atoms with Gasteiger partial charge in [-0.05, 0) is 37.3 Å². The number of amides is 2. The standard InChI is InChI=1S/C18H26N4O5/c1-12-4-5-15(16(9-12)22(26)27)19-6-3-7-20-18(25)21-10-13(2)8-14(11-21)17(23)24/h4-5,9,13-14,19H,3,6-8,10-11H2,1-2H3,(H,20,25)(H,23,24).